The summed E-state index contributed by atoms with van der Waals surface area (Å²) in [7, 11) is 0.824. The molecule has 0 radical (unpaired) electrons. The fraction of sp³-hybridized carbons (Fsp3) is 0.407. The summed E-state index contributed by atoms with van der Waals surface area (Å²) >= 11 is 0. The lowest BCUT2D eigenvalue weighted by Gasteiger charge is -2.35. The molecule has 1 fully saturated rings. The predicted octanol–water partition coefficient (Wildman–Crippen LogP) is 2.57. The number of aromatic nitrogens is 1. The van der Waals surface area contributed by atoms with Crippen LogP contribution in [0.5, 0.6) is 5.75 Å². The highest BCUT2D eigenvalue weighted by Crippen LogP contribution is 2.28. The molecule has 0 atom stereocenters. The summed E-state index contributed by atoms with van der Waals surface area (Å²) in [6.07, 6.45) is 1.03. The van der Waals surface area contributed by atoms with Crippen LogP contribution in [0.2, 0.25) is 0 Å². The largest absolute Gasteiger partial charge is 0.497 e. The molecule has 38 heavy (non-hydrogen) atoms. The standard InChI is InChI=1S/C27H34N4O6S/c1-18-10-23(36-5)11-19(2)26(18)38(34,35)30(4)16-25-28-24(17-37-25)27(33)29(3)12-20-6-8-21(9-7-20)13-31-14-22(32)15-31/h6-11,17,22,32H,12-16H2,1-5H3. The number of methoxy groups -OCH3 is 1. The van der Waals surface area contributed by atoms with E-state index in [1.807, 2.05) is 24.3 Å². The fourth-order valence-corrected chi connectivity index (χ4v) is 6.09. The normalized spacial score (nSPS) is 14.5. The minimum Gasteiger partial charge on any atom is -0.497 e. The number of rotatable bonds is 10. The minimum absolute atomic E-state index is 0.109. The molecule has 1 aliphatic rings. The third-order valence-corrected chi connectivity index (χ3v) is 8.71. The number of benzene rings is 2. The molecule has 0 unspecified atom stereocenters. The van der Waals surface area contributed by atoms with Crippen molar-refractivity contribution in [3.05, 3.63) is 76.5 Å². The van der Waals surface area contributed by atoms with Crippen LogP contribution in [-0.4, -0.2) is 78.9 Å². The molecule has 10 nitrogen and oxygen atoms in total. The number of amides is 1. The van der Waals surface area contributed by atoms with Gasteiger partial charge in [-0.2, -0.15) is 4.31 Å². The number of hydrogen-bond acceptors (Lipinski definition) is 8. The molecule has 2 aromatic carbocycles. The van der Waals surface area contributed by atoms with E-state index in [1.165, 1.54) is 25.3 Å². The molecule has 204 valence electrons. The Balaban J connectivity index is 1.37. The van der Waals surface area contributed by atoms with Crippen LogP contribution >= 0.6 is 0 Å². The molecule has 1 aliphatic heterocycles. The summed E-state index contributed by atoms with van der Waals surface area (Å²) in [6, 6.07) is 11.4. The third kappa shape index (κ3) is 6.07. The second-order valence-electron chi connectivity index (χ2n) is 9.80. The molecule has 1 aromatic heterocycles. The highest BCUT2D eigenvalue weighted by atomic mass is 32.2. The summed E-state index contributed by atoms with van der Waals surface area (Å²) in [5.74, 6) is 0.382. The summed E-state index contributed by atoms with van der Waals surface area (Å²) < 4.78 is 38.4. The minimum atomic E-state index is -3.84. The first-order valence-electron chi connectivity index (χ1n) is 12.3. The van der Waals surface area contributed by atoms with Crippen LogP contribution in [0.1, 0.15) is 38.6 Å². The molecule has 11 heteroatoms. The smallest absolute Gasteiger partial charge is 0.275 e. The molecular formula is C27H34N4O6S. The van der Waals surface area contributed by atoms with Crippen molar-refractivity contribution in [1.29, 1.82) is 0 Å². The highest BCUT2D eigenvalue weighted by Gasteiger charge is 2.28. The Morgan fingerprint density at radius 3 is 2.29 bits per heavy atom. The Morgan fingerprint density at radius 2 is 1.71 bits per heavy atom. The molecule has 4 rings (SSSR count). The highest BCUT2D eigenvalue weighted by molar-refractivity contribution is 7.89. The molecule has 1 saturated heterocycles. The van der Waals surface area contributed by atoms with Crippen molar-refractivity contribution in [1.82, 2.24) is 19.1 Å². The molecule has 0 aliphatic carbocycles. The average Bonchev–Trinajstić information content (AvgIpc) is 3.31. The van der Waals surface area contributed by atoms with E-state index in [9.17, 15) is 18.3 Å². The predicted molar refractivity (Wildman–Crippen MR) is 141 cm³/mol. The van der Waals surface area contributed by atoms with Crippen LogP contribution in [0.4, 0.5) is 0 Å². The van der Waals surface area contributed by atoms with E-state index >= 15 is 0 Å². The van der Waals surface area contributed by atoms with Gasteiger partial charge in [-0.15, -0.1) is 0 Å². The second kappa shape index (κ2) is 11.2. The summed E-state index contributed by atoms with van der Waals surface area (Å²) in [4.78, 5) is 21.1. The summed E-state index contributed by atoms with van der Waals surface area (Å²) in [5.41, 5.74) is 3.37. The maximum absolute atomic E-state index is 13.3. The van der Waals surface area contributed by atoms with Gasteiger partial charge in [0.05, 0.1) is 24.7 Å². The van der Waals surface area contributed by atoms with Gasteiger partial charge in [0.25, 0.3) is 5.91 Å². The van der Waals surface area contributed by atoms with Crippen molar-refractivity contribution < 1.29 is 27.5 Å². The molecule has 1 N–H and O–H groups in total. The van der Waals surface area contributed by atoms with E-state index in [1.54, 1.807) is 33.0 Å². The van der Waals surface area contributed by atoms with Crippen LogP contribution in [0.15, 0.2) is 52.0 Å². The zero-order valence-corrected chi connectivity index (χ0v) is 23.2. The number of oxazole rings is 1. The van der Waals surface area contributed by atoms with E-state index < -0.39 is 10.0 Å². The van der Waals surface area contributed by atoms with Crippen molar-refractivity contribution >= 4 is 15.9 Å². The van der Waals surface area contributed by atoms with Crippen LogP contribution < -0.4 is 4.74 Å². The van der Waals surface area contributed by atoms with Gasteiger partial charge in [0, 0.05) is 40.3 Å². The topological polar surface area (TPSA) is 116 Å². The van der Waals surface area contributed by atoms with Crippen molar-refractivity contribution in [2.24, 2.45) is 0 Å². The van der Waals surface area contributed by atoms with Crippen molar-refractivity contribution in [3.8, 4) is 5.75 Å². The lowest BCUT2D eigenvalue weighted by Crippen LogP contribution is -2.49. The molecule has 0 saturated carbocycles. The van der Waals surface area contributed by atoms with Crippen molar-refractivity contribution in [2.45, 2.75) is 44.5 Å². The van der Waals surface area contributed by atoms with Gasteiger partial charge in [-0.3, -0.25) is 9.69 Å². The third-order valence-electron chi connectivity index (χ3n) is 6.60. The summed E-state index contributed by atoms with van der Waals surface area (Å²) in [5, 5.41) is 9.43. The number of aryl methyl sites for hydroxylation is 2. The Morgan fingerprint density at radius 1 is 1.11 bits per heavy atom. The van der Waals surface area contributed by atoms with Crippen LogP contribution in [0.3, 0.4) is 0 Å². The number of β-amino-alcohol motifs (C(OH)–C–C–N with tert-alkyl or cyclic N) is 1. The number of aliphatic hydroxyl groups excluding tert-OH is 1. The van der Waals surface area contributed by atoms with Crippen molar-refractivity contribution in [2.75, 3.05) is 34.3 Å². The SMILES string of the molecule is COc1cc(C)c(S(=O)(=O)N(C)Cc2nc(C(=O)N(C)Cc3ccc(CN4CC(O)C4)cc3)co2)c(C)c1. The molecule has 1 amide bonds. The quantitative estimate of drug-likeness (QED) is 0.416. The van der Waals surface area contributed by atoms with Gasteiger partial charge in [-0.1, -0.05) is 24.3 Å². The lowest BCUT2D eigenvalue weighted by atomic mass is 10.1. The number of carbonyl (C=O) groups is 1. The average molecular weight is 543 g/mol. The number of likely N-dealkylation sites (tertiary alicyclic amines) is 1. The number of carbonyl (C=O) groups excluding carboxylic acids is 1. The molecular weight excluding hydrogens is 508 g/mol. The maximum Gasteiger partial charge on any atom is 0.275 e. The Kier molecular flexibility index (Phi) is 8.22. The van der Waals surface area contributed by atoms with Crippen LogP contribution in [0.25, 0.3) is 0 Å². The molecule has 0 bridgehead atoms. The first-order valence-corrected chi connectivity index (χ1v) is 13.7. The monoisotopic (exact) mass is 542 g/mol. The van der Waals surface area contributed by atoms with Gasteiger partial charge in [-0.25, -0.2) is 13.4 Å². The molecule has 3 aromatic rings. The van der Waals surface area contributed by atoms with Gasteiger partial charge >= 0.3 is 0 Å². The number of ether oxygens (including phenoxy) is 1. The zero-order valence-electron chi connectivity index (χ0n) is 22.3. The van der Waals surface area contributed by atoms with E-state index in [0.29, 0.717) is 36.5 Å². The number of hydrogen-bond donors (Lipinski definition) is 1. The Hall–Kier alpha value is -3.25. The van der Waals surface area contributed by atoms with Crippen LogP contribution in [-0.2, 0) is 29.7 Å². The first kappa shape index (κ1) is 27.8. The number of sulfonamides is 1. The van der Waals surface area contributed by atoms with Gasteiger partial charge in [-0.05, 0) is 48.2 Å². The first-order chi connectivity index (χ1) is 18.0. The lowest BCUT2D eigenvalue weighted by molar-refractivity contribution is -0.00286. The Labute approximate surface area is 223 Å². The second-order valence-corrected chi connectivity index (χ2v) is 11.8. The van der Waals surface area contributed by atoms with Gasteiger partial charge < -0.3 is 19.2 Å². The van der Waals surface area contributed by atoms with Gasteiger partial charge in [0.2, 0.25) is 15.9 Å². The zero-order chi connectivity index (χ0) is 27.6. The van der Waals surface area contributed by atoms with Crippen LogP contribution in [0, 0.1) is 13.8 Å². The van der Waals surface area contributed by atoms with E-state index in [4.69, 9.17) is 9.15 Å². The van der Waals surface area contributed by atoms with Gasteiger partial charge in [0.15, 0.2) is 5.69 Å². The van der Waals surface area contributed by atoms with Gasteiger partial charge in [0.1, 0.15) is 12.0 Å². The van der Waals surface area contributed by atoms with Crippen molar-refractivity contribution in [3.63, 3.8) is 0 Å². The van der Waals surface area contributed by atoms with E-state index in [0.717, 1.165) is 22.0 Å². The van der Waals surface area contributed by atoms with E-state index in [-0.39, 0.29) is 35.0 Å². The van der Waals surface area contributed by atoms with E-state index in [2.05, 4.69) is 9.88 Å². The number of nitrogens with zero attached hydrogens (tertiary/aromatic N) is 4. The number of aliphatic hydroxyl groups is 1. The molecule has 0 spiro atoms. The summed E-state index contributed by atoms with van der Waals surface area (Å²) in [6.45, 7) is 5.88. The maximum atomic E-state index is 13.3. The molecule has 2 heterocycles. The Bertz CT molecular complexity index is 1370. The fourth-order valence-electron chi connectivity index (χ4n) is 4.57.